The van der Waals surface area contributed by atoms with Crippen LogP contribution in [0.1, 0.15) is 39.5 Å². The summed E-state index contributed by atoms with van der Waals surface area (Å²) in [6, 6.07) is -0.118. The van der Waals surface area contributed by atoms with Gasteiger partial charge < -0.3 is 15.0 Å². The van der Waals surface area contributed by atoms with Gasteiger partial charge in [0.05, 0.1) is 6.61 Å². The summed E-state index contributed by atoms with van der Waals surface area (Å²) in [5, 5.41) is 3.40. The zero-order chi connectivity index (χ0) is 14.3. The molecular weight excluding hydrogens is 240 g/mol. The molecule has 1 rings (SSSR count). The average molecular weight is 270 g/mol. The Bertz CT molecular complexity index is 261. The number of rotatable bonds is 7. The van der Waals surface area contributed by atoms with Gasteiger partial charge in [-0.1, -0.05) is 19.8 Å². The lowest BCUT2D eigenvalue weighted by molar-refractivity contribution is -0.147. The first-order chi connectivity index (χ1) is 9.04. The number of carbonyl (C=O) groups excluding carboxylic acids is 1. The molecule has 0 bridgehead atoms. The first-order valence-electron chi connectivity index (χ1n) is 7.59. The highest BCUT2D eigenvalue weighted by molar-refractivity contribution is 5.76. The van der Waals surface area contributed by atoms with E-state index >= 15 is 0 Å². The van der Waals surface area contributed by atoms with E-state index in [1.165, 1.54) is 12.8 Å². The molecule has 0 aromatic carbocycles. The van der Waals surface area contributed by atoms with Crippen molar-refractivity contribution < 1.29 is 9.53 Å². The fraction of sp³-hybridized carbons (Fsp3) is 0.933. The van der Waals surface area contributed by atoms with Gasteiger partial charge in [0.15, 0.2) is 0 Å². The fourth-order valence-electron chi connectivity index (χ4n) is 2.74. The number of ether oxygens (including phenoxy) is 1. The molecule has 0 aromatic heterocycles. The normalized spacial score (nSPS) is 25.3. The molecule has 0 saturated heterocycles. The van der Waals surface area contributed by atoms with Crippen LogP contribution in [-0.4, -0.2) is 50.7 Å². The van der Waals surface area contributed by atoms with E-state index in [-0.39, 0.29) is 12.0 Å². The van der Waals surface area contributed by atoms with Gasteiger partial charge >= 0.3 is 5.97 Å². The van der Waals surface area contributed by atoms with Gasteiger partial charge in [-0.2, -0.15) is 0 Å². The van der Waals surface area contributed by atoms with Gasteiger partial charge in [0, 0.05) is 13.1 Å². The summed E-state index contributed by atoms with van der Waals surface area (Å²) in [6.07, 6.45) is 4.74. The average Bonchev–Trinajstić information content (AvgIpc) is 2.36. The Morgan fingerprint density at radius 3 is 2.47 bits per heavy atom. The topological polar surface area (TPSA) is 41.6 Å². The van der Waals surface area contributed by atoms with Crippen LogP contribution in [0.4, 0.5) is 0 Å². The number of nitrogens with zero attached hydrogens (tertiary/aromatic N) is 1. The monoisotopic (exact) mass is 270 g/mol. The predicted octanol–water partition coefficient (Wildman–Crippen LogP) is 1.90. The molecule has 112 valence electrons. The Hall–Kier alpha value is -0.610. The Kier molecular flexibility index (Phi) is 7.39. The van der Waals surface area contributed by atoms with E-state index in [0.717, 1.165) is 31.8 Å². The maximum absolute atomic E-state index is 12.1. The highest BCUT2D eigenvalue weighted by Crippen LogP contribution is 2.30. The fourth-order valence-corrected chi connectivity index (χ4v) is 2.74. The van der Waals surface area contributed by atoms with Gasteiger partial charge in [0.2, 0.25) is 0 Å². The second kappa shape index (κ2) is 8.54. The van der Waals surface area contributed by atoms with Crippen LogP contribution in [0.3, 0.4) is 0 Å². The molecule has 1 atom stereocenters. The maximum atomic E-state index is 12.1. The highest BCUT2D eigenvalue weighted by atomic mass is 16.5. The molecule has 0 radical (unpaired) electrons. The summed E-state index contributed by atoms with van der Waals surface area (Å²) in [6.45, 7) is 6.42. The van der Waals surface area contributed by atoms with E-state index in [1.807, 2.05) is 21.0 Å². The molecule has 0 spiro atoms. The third kappa shape index (κ3) is 5.91. The van der Waals surface area contributed by atoms with E-state index in [9.17, 15) is 4.79 Å². The van der Waals surface area contributed by atoms with Gasteiger partial charge in [-0.25, -0.2) is 0 Å². The second-order valence-electron chi connectivity index (χ2n) is 6.01. The number of carbonyl (C=O) groups is 1. The number of hydrogen-bond acceptors (Lipinski definition) is 4. The summed E-state index contributed by atoms with van der Waals surface area (Å²) >= 11 is 0. The zero-order valence-corrected chi connectivity index (χ0v) is 12.9. The minimum absolute atomic E-state index is 0.0687. The smallest absolute Gasteiger partial charge is 0.323 e. The van der Waals surface area contributed by atoms with Crippen molar-refractivity contribution in [1.82, 2.24) is 10.2 Å². The third-order valence-electron chi connectivity index (χ3n) is 4.00. The van der Waals surface area contributed by atoms with E-state index in [2.05, 4.69) is 17.1 Å². The van der Waals surface area contributed by atoms with Crippen molar-refractivity contribution in [3.05, 3.63) is 0 Å². The van der Waals surface area contributed by atoms with Crippen LogP contribution in [0.5, 0.6) is 0 Å². The highest BCUT2D eigenvalue weighted by Gasteiger charge is 2.31. The van der Waals surface area contributed by atoms with E-state index in [0.29, 0.717) is 12.5 Å². The molecule has 19 heavy (non-hydrogen) atoms. The van der Waals surface area contributed by atoms with Crippen molar-refractivity contribution in [2.45, 2.75) is 45.6 Å². The van der Waals surface area contributed by atoms with Crippen molar-refractivity contribution in [2.75, 3.05) is 33.8 Å². The molecule has 4 heteroatoms. The van der Waals surface area contributed by atoms with E-state index in [4.69, 9.17) is 4.74 Å². The van der Waals surface area contributed by atoms with Crippen molar-refractivity contribution >= 4 is 5.97 Å². The largest absolute Gasteiger partial charge is 0.465 e. The summed E-state index contributed by atoms with van der Waals surface area (Å²) in [5.74, 6) is 1.18. The maximum Gasteiger partial charge on any atom is 0.323 e. The van der Waals surface area contributed by atoms with Crippen molar-refractivity contribution in [3.8, 4) is 0 Å². The summed E-state index contributed by atoms with van der Waals surface area (Å²) in [4.78, 5) is 14.2. The third-order valence-corrected chi connectivity index (χ3v) is 4.00. The lowest BCUT2D eigenvalue weighted by Gasteiger charge is -2.32. The van der Waals surface area contributed by atoms with Crippen LogP contribution in [0.25, 0.3) is 0 Å². The van der Waals surface area contributed by atoms with E-state index < -0.39 is 0 Å². The molecule has 4 nitrogen and oxygen atoms in total. The molecule has 0 aliphatic heterocycles. The molecule has 1 unspecified atom stereocenters. The molecule has 1 saturated carbocycles. The van der Waals surface area contributed by atoms with Gasteiger partial charge in [-0.15, -0.1) is 0 Å². The zero-order valence-electron chi connectivity index (χ0n) is 12.9. The molecule has 0 amide bonds. The Balaban J connectivity index is 2.50. The van der Waals surface area contributed by atoms with Crippen LogP contribution in [0.2, 0.25) is 0 Å². The minimum atomic E-state index is -0.118. The van der Waals surface area contributed by atoms with Crippen molar-refractivity contribution in [3.63, 3.8) is 0 Å². The van der Waals surface area contributed by atoms with Crippen molar-refractivity contribution in [1.29, 1.82) is 0 Å². The first kappa shape index (κ1) is 16.4. The van der Waals surface area contributed by atoms with Gasteiger partial charge in [-0.05, 0) is 45.7 Å². The number of likely N-dealkylation sites (N-methyl/N-ethyl adjacent to an activating group) is 1. The van der Waals surface area contributed by atoms with Crippen LogP contribution in [0, 0.1) is 11.8 Å². The van der Waals surface area contributed by atoms with Crippen molar-refractivity contribution in [2.24, 2.45) is 11.8 Å². The number of nitrogens with one attached hydrogen (secondary N) is 1. The Morgan fingerprint density at radius 1 is 1.32 bits per heavy atom. The molecule has 1 N–H and O–H groups in total. The van der Waals surface area contributed by atoms with Crippen LogP contribution >= 0.6 is 0 Å². The molecule has 0 aromatic rings. The van der Waals surface area contributed by atoms with Crippen LogP contribution in [0.15, 0.2) is 0 Å². The molecule has 1 aliphatic rings. The van der Waals surface area contributed by atoms with E-state index in [1.54, 1.807) is 0 Å². The number of hydrogen-bond donors (Lipinski definition) is 1. The molecule has 1 aliphatic carbocycles. The minimum Gasteiger partial charge on any atom is -0.465 e. The van der Waals surface area contributed by atoms with Gasteiger partial charge in [-0.3, -0.25) is 4.79 Å². The quantitative estimate of drug-likeness (QED) is 0.717. The molecule has 0 heterocycles. The second-order valence-corrected chi connectivity index (χ2v) is 6.01. The standard InChI is InChI=1S/C15H30N2O2/c1-5-19-15(18)14(16-10-11-17(3)4)13-8-6-12(2)7-9-13/h12-14,16H,5-11H2,1-4H3. The Morgan fingerprint density at radius 2 is 1.95 bits per heavy atom. The van der Waals surface area contributed by atoms with Gasteiger partial charge in [0.1, 0.15) is 6.04 Å². The lowest BCUT2D eigenvalue weighted by Crippen LogP contribution is -2.47. The van der Waals surface area contributed by atoms with Crippen LogP contribution in [-0.2, 0) is 9.53 Å². The van der Waals surface area contributed by atoms with Gasteiger partial charge in [0.25, 0.3) is 0 Å². The summed E-state index contributed by atoms with van der Waals surface area (Å²) in [5.41, 5.74) is 0. The number of esters is 1. The first-order valence-corrected chi connectivity index (χ1v) is 7.59. The summed E-state index contributed by atoms with van der Waals surface area (Å²) < 4.78 is 5.23. The predicted molar refractivity (Wildman–Crippen MR) is 78.1 cm³/mol. The lowest BCUT2D eigenvalue weighted by atomic mass is 9.79. The summed E-state index contributed by atoms with van der Waals surface area (Å²) in [7, 11) is 4.09. The molecular formula is C15H30N2O2. The Labute approximate surface area is 117 Å². The SMILES string of the molecule is CCOC(=O)C(NCCN(C)C)C1CCC(C)CC1. The van der Waals surface area contributed by atoms with Crippen LogP contribution < -0.4 is 5.32 Å². The molecule has 1 fully saturated rings.